The molecule has 7 rings (SSSR count). The molecule has 0 saturated carbocycles. The van der Waals surface area contributed by atoms with E-state index in [2.05, 4.69) is 26.0 Å². The van der Waals surface area contributed by atoms with Crippen molar-refractivity contribution in [2.24, 2.45) is 7.05 Å². The van der Waals surface area contributed by atoms with Crippen LogP contribution in [-0.2, 0) is 28.3 Å². The number of hydrogen-bond donors (Lipinski definition) is 3. The van der Waals surface area contributed by atoms with Gasteiger partial charge >= 0.3 is 0 Å². The molecule has 210 valence electrons. The SMILES string of the molecule is Cc1ccc(S(=O)(=O)n2ccc3c(Nc4ccc5c(cnn5C)c4)nc(Nc4ccc5c(c4)CCC(=O)N5)nc32)cc1. The number of hydrogen-bond acceptors (Lipinski definition) is 8. The molecule has 3 aromatic carbocycles. The standard InChI is InChI=1S/C30H26N8O3S/c1-18-3-8-23(9-4-18)42(40,41)38-14-13-24-28(32-21-7-11-26-20(16-21)17-31-37(26)2)35-30(36-29(24)38)33-22-6-10-25-19(15-22)5-12-27(39)34-25/h3-4,6-11,13-17H,5,12H2,1-2H3,(H,34,39)(H2,32,33,35,36). The lowest BCUT2D eigenvalue weighted by atomic mass is 10.0. The van der Waals surface area contributed by atoms with Crippen LogP contribution in [0.3, 0.4) is 0 Å². The summed E-state index contributed by atoms with van der Waals surface area (Å²) in [5, 5.41) is 15.3. The minimum atomic E-state index is -3.94. The Morgan fingerprint density at radius 1 is 0.905 bits per heavy atom. The van der Waals surface area contributed by atoms with Gasteiger partial charge in [-0.25, -0.2) is 12.4 Å². The van der Waals surface area contributed by atoms with Crippen LogP contribution in [0.1, 0.15) is 17.5 Å². The lowest BCUT2D eigenvalue weighted by molar-refractivity contribution is -0.116. The van der Waals surface area contributed by atoms with E-state index in [1.54, 1.807) is 41.2 Å². The van der Waals surface area contributed by atoms with Crippen molar-refractivity contribution >= 4 is 66.7 Å². The van der Waals surface area contributed by atoms with E-state index in [0.29, 0.717) is 29.7 Å². The molecule has 42 heavy (non-hydrogen) atoms. The Morgan fingerprint density at radius 3 is 2.52 bits per heavy atom. The number of nitrogens with zero attached hydrogens (tertiary/aromatic N) is 5. The van der Waals surface area contributed by atoms with Crippen molar-refractivity contribution in [2.75, 3.05) is 16.0 Å². The van der Waals surface area contributed by atoms with Crippen LogP contribution in [0, 0.1) is 6.92 Å². The van der Waals surface area contributed by atoms with Crippen LogP contribution < -0.4 is 16.0 Å². The lowest BCUT2D eigenvalue weighted by Gasteiger charge is -2.18. The van der Waals surface area contributed by atoms with Crippen molar-refractivity contribution in [3.05, 3.63) is 90.3 Å². The molecule has 1 amide bonds. The van der Waals surface area contributed by atoms with Crippen molar-refractivity contribution in [3.63, 3.8) is 0 Å². The Labute approximate surface area is 241 Å². The largest absolute Gasteiger partial charge is 0.339 e. The van der Waals surface area contributed by atoms with Gasteiger partial charge in [-0.2, -0.15) is 15.1 Å². The topological polar surface area (TPSA) is 136 Å². The van der Waals surface area contributed by atoms with Gasteiger partial charge in [-0.15, -0.1) is 0 Å². The van der Waals surface area contributed by atoms with Gasteiger partial charge in [0.05, 0.1) is 22.0 Å². The van der Waals surface area contributed by atoms with Crippen molar-refractivity contribution < 1.29 is 13.2 Å². The molecule has 0 radical (unpaired) electrons. The van der Waals surface area contributed by atoms with E-state index in [1.165, 1.54) is 10.2 Å². The van der Waals surface area contributed by atoms with E-state index in [-0.39, 0.29) is 22.4 Å². The second-order valence-corrected chi connectivity index (χ2v) is 12.1. The Morgan fingerprint density at radius 2 is 1.69 bits per heavy atom. The van der Waals surface area contributed by atoms with Crippen LogP contribution in [-0.4, -0.2) is 38.0 Å². The van der Waals surface area contributed by atoms with Crippen LogP contribution in [0.25, 0.3) is 21.9 Å². The van der Waals surface area contributed by atoms with E-state index in [9.17, 15) is 13.2 Å². The molecule has 11 nitrogen and oxygen atoms in total. The molecule has 12 heteroatoms. The first-order valence-corrected chi connectivity index (χ1v) is 14.8. The summed E-state index contributed by atoms with van der Waals surface area (Å²) in [5.41, 5.74) is 5.42. The van der Waals surface area contributed by atoms with Crippen LogP contribution in [0.15, 0.2) is 84.0 Å². The summed E-state index contributed by atoms with van der Waals surface area (Å²) in [6, 6.07) is 19.8. The molecular weight excluding hydrogens is 552 g/mol. The Balaban J connectivity index is 1.33. The number of benzene rings is 3. The van der Waals surface area contributed by atoms with Gasteiger partial charge in [0.2, 0.25) is 11.9 Å². The highest BCUT2D eigenvalue weighted by Gasteiger charge is 2.23. The Kier molecular flexibility index (Phi) is 5.94. The summed E-state index contributed by atoms with van der Waals surface area (Å²) in [4.78, 5) is 21.3. The predicted octanol–water partition coefficient (Wildman–Crippen LogP) is 5.24. The molecule has 3 aromatic heterocycles. The number of anilines is 5. The molecule has 0 spiro atoms. The van der Waals surface area contributed by atoms with Crippen molar-refractivity contribution in [1.82, 2.24) is 23.7 Å². The van der Waals surface area contributed by atoms with Gasteiger partial charge in [-0.1, -0.05) is 17.7 Å². The normalized spacial score (nSPS) is 13.2. The Bertz CT molecular complexity index is 2130. The number of fused-ring (bicyclic) bond motifs is 3. The third kappa shape index (κ3) is 4.51. The first-order valence-electron chi connectivity index (χ1n) is 13.3. The van der Waals surface area contributed by atoms with Crippen molar-refractivity contribution in [1.29, 1.82) is 0 Å². The molecular formula is C30H26N8O3S. The molecule has 0 saturated heterocycles. The second kappa shape index (κ2) is 9.70. The number of amides is 1. The van der Waals surface area contributed by atoms with E-state index in [1.807, 2.05) is 50.4 Å². The first-order chi connectivity index (χ1) is 20.2. The molecule has 1 aliphatic heterocycles. The highest BCUT2D eigenvalue weighted by atomic mass is 32.2. The zero-order valence-corrected chi connectivity index (χ0v) is 23.6. The number of aryl methyl sites for hydroxylation is 3. The van der Waals surface area contributed by atoms with Gasteiger partial charge in [0.15, 0.2) is 5.65 Å². The van der Waals surface area contributed by atoms with Gasteiger partial charge in [0.1, 0.15) is 5.82 Å². The monoisotopic (exact) mass is 578 g/mol. The summed E-state index contributed by atoms with van der Waals surface area (Å²) in [6.07, 6.45) is 4.32. The molecule has 0 aliphatic carbocycles. The van der Waals surface area contributed by atoms with Gasteiger partial charge in [-0.05, 0) is 73.5 Å². The molecule has 0 atom stereocenters. The third-order valence-electron chi connectivity index (χ3n) is 7.35. The molecule has 6 aromatic rings. The minimum Gasteiger partial charge on any atom is -0.339 e. The molecule has 0 unspecified atom stereocenters. The Hall–Kier alpha value is -5.23. The van der Waals surface area contributed by atoms with E-state index >= 15 is 0 Å². The zero-order chi connectivity index (χ0) is 29.0. The van der Waals surface area contributed by atoms with E-state index in [4.69, 9.17) is 4.98 Å². The highest BCUT2D eigenvalue weighted by molar-refractivity contribution is 7.90. The summed E-state index contributed by atoms with van der Waals surface area (Å²) in [5.74, 6) is 0.646. The fourth-order valence-electron chi connectivity index (χ4n) is 5.13. The van der Waals surface area contributed by atoms with Crippen molar-refractivity contribution in [3.8, 4) is 0 Å². The zero-order valence-electron chi connectivity index (χ0n) is 22.8. The van der Waals surface area contributed by atoms with Crippen LogP contribution in [0.2, 0.25) is 0 Å². The second-order valence-electron chi connectivity index (χ2n) is 10.3. The molecule has 4 heterocycles. The maximum Gasteiger partial charge on any atom is 0.269 e. The summed E-state index contributed by atoms with van der Waals surface area (Å²) < 4.78 is 30.4. The maximum atomic E-state index is 13.7. The first kappa shape index (κ1) is 25.7. The molecule has 0 fully saturated rings. The van der Waals surface area contributed by atoms with Crippen molar-refractivity contribution in [2.45, 2.75) is 24.7 Å². The number of rotatable bonds is 6. The quantitative estimate of drug-likeness (QED) is 0.244. The predicted molar refractivity (Wildman–Crippen MR) is 162 cm³/mol. The fourth-order valence-corrected chi connectivity index (χ4v) is 6.42. The summed E-state index contributed by atoms with van der Waals surface area (Å²) in [7, 11) is -2.06. The molecule has 1 aliphatic rings. The van der Waals surface area contributed by atoms with Crippen LogP contribution in [0.4, 0.5) is 28.8 Å². The van der Waals surface area contributed by atoms with E-state index < -0.39 is 10.0 Å². The smallest absolute Gasteiger partial charge is 0.269 e. The van der Waals surface area contributed by atoms with E-state index in [0.717, 1.165) is 33.4 Å². The fraction of sp³-hybridized carbons (Fsp3) is 0.133. The number of nitrogens with one attached hydrogen (secondary N) is 3. The summed E-state index contributed by atoms with van der Waals surface area (Å²) >= 11 is 0. The molecule has 3 N–H and O–H groups in total. The lowest BCUT2D eigenvalue weighted by Crippen LogP contribution is -2.18. The number of carbonyl (C=O) groups excluding carboxylic acids is 1. The maximum absolute atomic E-state index is 13.7. The average molecular weight is 579 g/mol. The van der Waals surface area contributed by atoms with Crippen LogP contribution >= 0.6 is 0 Å². The average Bonchev–Trinajstić information content (AvgIpc) is 3.57. The van der Waals surface area contributed by atoms with Gasteiger partial charge in [-0.3, -0.25) is 9.48 Å². The van der Waals surface area contributed by atoms with Gasteiger partial charge < -0.3 is 16.0 Å². The summed E-state index contributed by atoms with van der Waals surface area (Å²) in [6.45, 7) is 1.90. The number of aromatic nitrogens is 5. The van der Waals surface area contributed by atoms with Gasteiger partial charge in [0.25, 0.3) is 10.0 Å². The molecule has 0 bridgehead atoms. The van der Waals surface area contributed by atoms with Gasteiger partial charge in [0, 0.05) is 42.1 Å². The third-order valence-corrected chi connectivity index (χ3v) is 9.03. The highest BCUT2D eigenvalue weighted by Crippen LogP contribution is 2.32. The number of carbonyl (C=O) groups is 1. The minimum absolute atomic E-state index is 0.00673. The van der Waals surface area contributed by atoms with Crippen LogP contribution in [0.5, 0.6) is 0 Å².